The topological polar surface area (TPSA) is 52.3 Å². The van der Waals surface area contributed by atoms with Crippen LogP contribution in [0.3, 0.4) is 0 Å². The van der Waals surface area contributed by atoms with Crippen LogP contribution in [0, 0.1) is 5.92 Å². The lowest BCUT2D eigenvalue weighted by atomic mass is 9.87. The first-order chi connectivity index (χ1) is 4.77. The summed E-state index contributed by atoms with van der Waals surface area (Å²) in [6.45, 7) is 0. The van der Waals surface area contributed by atoms with Crippen molar-refractivity contribution >= 4 is 5.97 Å². The summed E-state index contributed by atoms with van der Waals surface area (Å²) in [5, 5.41) is 0. The fourth-order valence-corrected chi connectivity index (χ4v) is 1.42. The van der Waals surface area contributed by atoms with E-state index in [9.17, 15) is 4.79 Å². The molecule has 54 valence electrons. The normalized spacial score (nSPS) is 43.7. The molecule has 3 heteroatoms. The smallest absolute Gasteiger partial charge is 0.313 e. The Morgan fingerprint density at radius 1 is 1.60 bits per heavy atom. The SMILES string of the molecule is N[C@H]1C[C@H]2C=C[C@@H]1OC2=O. The highest BCUT2D eigenvalue weighted by Gasteiger charge is 2.36. The number of nitrogens with two attached hydrogens (primary N) is 1. The van der Waals surface area contributed by atoms with Crippen LogP contribution in [0.2, 0.25) is 0 Å². The third kappa shape index (κ3) is 0.671. The van der Waals surface area contributed by atoms with Gasteiger partial charge >= 0.3 is 5.97 Å². The van der Waals surface area contributed by atoms with Crippen molar-refractivity contribution in [3.05, 3.63) is 12.2 Å². The molecular formula is C7H9NO2. The summed E-state index contributed by atoms with van der Waals surface area (Å²) in [6, 6.07) is 0.0210. The molecule has 1 fully saturated rings. The minimum absolute atomic E-state index is 0.0210. The Kier molecular flexibility index (Phi) is 1.08. The van der Waals surface area contributed by atoms with Gasteiger partial charge in [-0.1, -0.05) is 6.08 Å². The van der Waals surface area contributed by atoms with Gasteiger partial charge in [-0.3, -0.25) is 4.79 Å². The Morgan fingerprint density at radius 3 is 2.70 bits per heavy atom. The highest BCUT2D eigenvalue weighted by molar-refractivity contribution is 5.77. The maximum atomic E-state index is 10.9. The van der Waals surface area contributed by atoms with Gasteiger partial charge in [-0.15, -0.1) is 0 Å². The third-order valence-electron chi connectivity index (χ3n) is 2.04. The number of hydrogen-bond acceptors (Lipinski definition) is 3. The zero-order chi connectivity index (χ0) is 7.14. The summed E-state index contributed by atoms with van der Waals surface area (Å²) < 4.78 is 4.95. The Labute approximate surface area is 58.8 Å². The number of hydrogen-bond donors (Lipinski definition) is 1. The van der Waals surface area contributed by atoms with Gasteiger partial charge in [-0.05, 0) is 12.5 Å². The molecule has 10 heavy (non-hydrogen) atoms. The second kappa shape index (κ2) is 1.83. The first kappa shape index (κ1) is 5.92. The first-order valence-corrected chi connectivity index (χ1v) is 3.42. The van der Waals surface area contributed by atoms with Gasteiger partial charge in [0.15, 0.2) is 0 Å². The van der Waals surface area contributed by atoms with E-state index in [1.807, 2.05) is 12.2 Å². The van der Waals surface area contributed by atoms with Crippen LogP contribution in [0.4, 0.5) is 0 Å². The van der Waals surface area contributed by atoms with Crippen LogP contribution in [0.15, 0.2) is 12.2 Å². The number of ether oxygens (including phenoxy) is 1. The van der Waals surface area contributed by atoms with Crippen molar-refractivity contribution in [3.8, 4) is 0 Å². The lowest BCUT2D eigenvalue weighted by molar-refractivity contribution is -0.158. The predicted octanol–water partition coefficient (Wildman–Crippen LogP) is -0.185. The molecule has 2 heterocycles. The summed E-state index contributed by atoms with van der Waals surface area (Å²) in [6.07, 6.45) is 4.36. The summed E-state index contributed by atoms with van der Waals surface area (Å²) in [7, 11) is 0. The molecular weight excluding hydrogens is 130 g/mol. The Morgan fingerprint density at radius 2 is 2.40 bits per heavy atom. The van der Waals surface area contributed by atoms with Gasteiger partial charge in [0.1, 0.15) is 6.10 Å². The summed E-state index contributed by atoms with van der Waals surface area (Å²) in [5.74, 6) is -0.186. The summed E-state index contributed by atoms with van der Waals surface area (Å²) >= 11 is 0. The van der Waals surface area contributed by atoms with E-state index in [-0.39, 0.29) is 24.0 Å². The van der Waals surface area contributed by atoms with Crippen molar-refractivity contribution in [3.63, 3.8) is 0 Å². The third-order valence-corrected chi connectivity index (χ3v) is 2.04. The lowest BCUT2D eigenvalue weighted by Gasteiger charge is -2.34. The van der Waals surface area contributed by atoms with Crippen LogP contribution < -0.4 is 5.73 Å². The van der Waals surface area contributed by atoms with E-state index < -0.39 is 0 Å². The van der Waals surface area contributed by atoms with Gasteiger partial charge in [0, 0.05) is 6.04 Å². The maximum absolute atomic E-state index is 10.9. The number of rotatable bonds is 0. The number of esters is 1. The van der Waals surface area contributed by atoms with E-state index in [4.69, 9.17) is 10.5 Å². The second-order valence-corrected chi connectivity index (χ2v) is 2.79. The maximum Gasteiger partial charge on any atom is 0.313 e. The molecule has 0 unspecified atom stereocenters. The number of fused-ring (bicyclic) bond motifs is 2. The summed E-state index contributed by atoms with van der Waals surface area (Å²) in [4.78, 5) is 10.9. The van der Waals surface area contributed by atoms with E-state index in [0.29, 0.717) is 0 Å². The molecule has 3 atom stereocenters. The molecule has 0 radical (unpaired) electrons. The average molecular weight is 139 g/mol. The van der Waals surface area contributed by atoms with Gasteiger partial charge in [-0.2, -0.15) is 0 Å². The van der Waals surface area contributed by atoms with E-state index in [1.54, 1.807) is 0 Å². The monoisotopic (exact) mass is 139 g/mol. The largest absolute Gasteiger partial charge is 0.456 e. The minimum atomic E-state index is -0.155. The predicted molar refractivity (Wildman–Crippen MR) is 35.1 cm³/mol. The Hall–Kier alpha value is -0.830. The molecule has 0 saturated carbocycles. The molecule has 3 nitrogen and oxygen atoms in total. The average Bonchev–Trinajstić information content (AvgIpc) is 1.91. The van der Waals surface area contributed by atoms with Crippen LogP contribution in [-0.4, -0.2) is 18.1 Å². The quantitative estimate of drug-likeness (QED) is 0.374. The van der Waals surface area contributed by atoms with E-state index in [2.05, 4.69) is 0 Å². The minimum Gasteiger partial charge on any atom is -0.456 e. The zero-order valence-corrected chi connectivity index (χ0v) is 5.49. The fraction of sp³-hybridized carbons (Fsp3) is 0.571. The number of carbonyl (C=O) groups excluding carboxylic acids is 1. The lowest BCUT2D eigenvalue weighted by Crippen LogP contribution is -2.48. The van der Waals surface area contributed by atoms with Crippen LogP contribution >= 0.6 is 0 Å². The standard InChI is InChI=1S/C7H9NO2/c8-5-3-4-1-2-6(5)10-7(4)9/h1-2,4-6H,3,8H2/t4-,5+,6+/m1/s1. The highest BCUT2D eigenvalue weighted by Crippen LogP contribution is 2.26. The Balaban J connectivity index is 2.28. The molecule has 0 aromatic carbocycles. The first-order valence-electron chi connectivity index (χ1n) is 3.42. The Bertz CT molecular complexity index is 200. The van der Waals surface area contributed by atoms with E-state index in [1.165, 1.54) is 0 Å². The molecule has 1 aliphatic carbocycles. The van der Waals surface area contributed by atoms with Crippen molar-refractivity contribution in [2.45, 2.75) is 18.6 Å². The highest BCUT2D eigenvalue weighted by atomic mass is 16.5. The van der Waals surface area contributed by atoms with Crippen LogP contribution in [0.1, 0.15) is 6.42 Å². The number of carbonyl (C=O) groups is 1. The molecule has 0 amide bonds. The van der Waals surface area contributed by atoms with E-state index >= 15 is 0 Å². The van der Waals surface area contributed by atoms with Gasteiger partial charge in [0.2, 0.25) is 0 Å². The van der Waals surface area contributed by atoms with Crippen molar-refractivity contribution < 1.29 is 9.53 Å². The van der Waals surface area contributed by atoms with Crippen LogP contribution in [0.5, 0.6) is 0 Å². The molecule has 0 aromatic heterocycles. The molecule has 0 aromatic rings. The second-order valence-electron chi connectivity index (χ2n) is 2.79. The van der Waals surface area contributed by atoms with Crippen LogP contribution in [0.25, 0.3) is 0 Å². The zero-order valence-electron chi connectivity index (χ0n) is 5.49. The van der Waals surface area contributed by atoms with Crippen molar-refractivity contribution in [2.75, 3.05) is 0 Å². The molecule has 0 spiro atoms. The van der Waals surface area contributed by atoms with Crippen molar-refractivity contribution in [2.24, 2.45) is 11.7 Å². The van der Waals surface area contributed by atoms with Gasteiger partial charge in [0.05, 0.1) is 5.92 Å². The van der Waals surface area contributed by atoms with Gasteiger partial charge in [-0.25, -0.2) is 0 Å². The molecule has 2 aliphatic heterocycles. The van der Waals surface area contributed by atoms with Gasteiger partial charge in [0.25, 0.3) is 0 Å². The van der Waals surface area contributed by atoms with Gasteiger partial charge < -0.3 is 10.5 Å². The van der Waals surface area contributed by atoms with Crippen LogP contribution in [-0.2, 0) is 9.53 Å². The molecule has 3 aliphatic rings. The molecule has 2 bridgehead atoms. The van der Waals surface area contributed by atoms with Crippen molar-refractivity contribution in [1.29, 1.82) is 0 Å². The molecule has 2 N–H and O–H groups in total. The molecule has 1 saturated heterocycles. The summed E-state index contributed by atoms with van der Waals surface area (Å²) in [5.41, 5.74) is 5.65. The van der Waals surface area contributed by atoms with E-state index in [0.717, 1.165) is 6.42 Å². The van der Waals surface area contributed by atoms with Crippen molar-refractivity contribution in [1.82, 2.24) is 0 Å². The fourth-order valence-electron chi connectivity index (χ4n) is 1.42. The molecule has 3 rings (SSSR count).